The Morgan fingerprint density at radius 1 is 1.17 bits per heavy atom. The Balaban J connectivity index is 2.19. The highest BCUT2D eigenvalue weighted by Gasteiger charge is 2.30. The first-order chi connectivity index (χ1) is 11.3. The second-order valence-corrected chi connectivity index (χ2v) is 4.93. The number of benzene rings is 2. The van der Waals surface area contributed by atoms with Crippen molar-refractivity contribution in [3.05, 3.63) is 65.2 Å². The zero-order chi connectivity index (χ0) is 17.7. The zero-order valence-corrected chi connectivity index (χ0v) is 12.8. The van der Waals surface area contributed by atoms with E-state index >= 15 is 0 Å². The van der Waals surface area contributed by atoms with Gasteiger partial charge in [0.2, 0.25) is 0 Å². The third-order valence-electron chi connectivity index (χ3n) is 3.30. The van der Waals surface area contributed by atoms with Crippen molar-refractivity contribution >= 4 is 11.6 Å². The Labute approximate surface area is 136 Å². The summed E-state index contributed by atoms with van der Waals surface area (Å²) in [7, 11) is 1.42. The van der Waals surface area contributed by atoms with Crippen molar-refractivity contribution in [3.8, 4) is 5.75 Å². The molecule has 0 aliphatic rings. The molecule has 0 saturated carbocycles. The topological polar surface area (TPSA) is 62.2 Å². The number of hydrogen-bond donors (Lipinski definition) is 2. The molecule has 0 aromatic heterocycles. The Kier molecular flexibility index (Phi) is 5.23. The molecule has 0 saturated heterocycles. The molecule has 2 aromatic carbocycles. The maximum absolute atomic E-state index is 12.7. The van der Waals surface area contributed by atoms with Crippen LogP contribution >= 0.6 is 0 Å². The van der Waals surface area contributed by atoms with Gasteiger partial charge in [-0.3, -0.25) is 10.2 Å². The number of nitrogens with one attached hydrogen (secondary N) is 2. The maximum atomic E-state index is 12.7. The van der Waals surface area contributed by atoms with Gasteiger partial charge in [-0.15, -0.1) is 0 Å². The summed E-state index contributed by atoms with van der Waals surface area (Å²) in [5, 5.41) is 10.2. The number of carbonyl (C=O) groups excluding carboxylic acids is 1. The van der Waals surface area contributed by atoms with Crippen LogP contribution in [0.2, 0.25) is 0 Å². The van der Waals surface area contributed by atoms with Gasteiger partial charge in [0.1, 0.15) is 18.1 Å². The van der Waals surface area contributed by atoms with Gasteiger partial charge in [-0.25, -0.2) is 0 Å². The van der Waals surface area contributed by atoms with E-state index in [-0.39, 0.29) is 18.1 Å². The highest BCUT2D eigenvalue weighted by molar-refractivity contribution is 6.44. The molecule has 24 heavy (non-hydrogen) atoms. The van der Waals surface area contributed by atoms with Gasteiger partial charge in [-0.1, -0.05) is 30.3 Å². The number of rotatable bonds is 5. The molecular formula is C17H15F3N2O2. The van der Waals surface area contributed by atoms with Crippen molar-refractivity contribution in [2.75, 3.05) is 7.05 Å². The first-order valence-electron chi connectivity index (χ1n) is 7.02. The van der Waals surface area contributed by atoms with E-state index in [0.29, 0.717) is 11.1 Å². The highest BCUT2D eigenvalue weighted by atomic mass is 19.4. The summed E-state index contributed by atoms with van der Waals surface area (Å²) in [4.78, 5) is 11.6. The minimum Gasteiger partial charge on any atom is -0.489 e. The van der Waals surface area contributed by atoms with Gasteiger partial charge in [0, 0.05) is 12.6 Å². The van der Waals surface area contributed by atoms with E-state index in [1.165, 1.54) is 19.2 Å². The van der Waals surface area contributed by atoms with Crippen molar-refractivity contribution in [3.63, 3.8) is 0 Å². The van der Waals surface area contributed by atoms with Gasteiger partial charge < -0.3 is 10.1 Å². The molecule has 7 heteroatoms. The standard InChI is InChI=1S/C17H15F3N2O2/c1-22-16(23)15(21)14-8-3-2-5-11(14)10-24-13-7-4-6-12(9-13)17(18,19)20/h2-9,21H,10H2,1H3,(H,22,23). The molecule has 0 radical (unpaired) electrons. The van der Waals surface area contributed by atoms with Gasteiger partial charge in [-0.2, -0.15) is 13.2 Å². The van der Waals surface area contributed by atoms with E-state index < -0.39 is 17.6 Å². The molecule has 0 aliphatic heterocycles. The van der Waals surface area contributed by atoms with Crippen LogP contribution in [0, 0.1) is 5.41 Å². The number of carbonyl (C=O) groups is 1. The molecule has 0 fully saturated rings. The van der Waals surface area contributed by atoms with Crippen LogP contribution in [0.1, 0.15) is 16.7 Å². The van der Waals surface area contributed by atoms with Crippen LogP contribution in [0.15, 0.2) is 48.5 Å². The molecule has 2 aromatic rings. The minimum atomic E-state index is -4.45. The number of ether oxygens (including phenoxy) is 1. The molecule has 0 spiro atoms. The fraction of sp³-hybridized carbons (Fsp3) is 0.176. The van der Waals surface area contributed by atoms with E-state index in [1.54, 1.807) is 24.3 Å². The SMILES string of the molecule is CNC(=O)C(=N)c1ccccc1COc1cccc(C(F)(F)F)c1. The van der Waals surface area contributed by atoms with Crippen LogP contribution in [0.4, 0.5) is 13.2 Å². The Morgan fingerprint density at radius 2 is 1.88 bits per heavy atom. The van der Waals surface area contributed by atoms with Crippen LogP contribution in [-0.4, -0.2) is 18.7 Å². The first kappa shape index (κ1) is 17.5. The quantitative estimate of drug-likeness (QED) is 0.822. The summed E-state index contributed by atoms with van der Waals surface area (Å²) < 4.78 is 43.5. The number of likely N-dealkylation sites (N-methyl/N-ethyl adjacent to an activating group) is 1. The fourth-order valence-corrected chi connectivity index (χ4v) is 2.06. The van der Waals surface area contributed by atoms with E-state index in [2.05, 4.69) is 5.32 Å². The molecule has 2 N–H and O–H groups in total. The monoisotopic (exact) mass is 336 g/mol. The third kappa shape index (κ3) is 4.13. The molecule has 126 valence electrons. The van der Waals surface area contributed by atoms with Gasteiger partial charge >= 0.3 is 6.18 Å². The van der Waals surface area contributed by atoms with Crippen LogP contribution in [0.3, 0.4) is 0 Å². The summed E-state index contributed by atoms with van der Waals surface area (Å²) in [6, 6.07) is 11.2. The summed E-state index contributed by atoms with van der Waals surface area (Å²) in [6.45, 7) is -0.0587. The fourth-order valence-electron chi connectivity index (χ4n) is 2.06. The minimum absolute atomic E-state index is 0.0587. The molecule has 1 amide bonds. The molecule has 0 unspecified atom stereocenters. The second-order valence-electron chi connectivity index (χ2n) is 4.93. The summed E-state index contributed by atoms with van der Waals surface area (Å²) >= 11 is 0. The van der Waals surface area contributed by atoms with Crippen molar-refractivity contribution in [2.45, 2.75) is 12.8 Å². The van der Waals surface area contributed by atoms with E-state index in [4.69, 9.17) is 10.1 Å². The lowest BCUT2D eigenvalue weighted by Gasteiger charge is -2.13. The zero-order valence-electron chi connectivity index (χ0n) is 12.8. The van der Waals surface area contributed by atoms with Gasteiger partial charge in [0.15, 0.2) is 0 Å². The molecular weight excluding hydrogens is 321 g/mol. The van der Waals surface area contributed by atoms with Crippen LogP contribution < -0.4 is 10.1 Å². The van der Waals surface area contributed by atoms with Crippen molar-refractivity contribution in [1.82, 2.24) is 5.32 Å². The molecule has 0 aliphatic carbocycles. The summed E-state index contributed by atoms with van der Waals surface area (Å²) in [5.74, 6) is -0.493. The van der Waals surface area contributed by atoms with E-state index in [0.717, 1.165) is 12.1 Å². The lowest BCUT2D eigenvalue weighted by molar-refractivity contribution is -0.137. The normalized spacial score (nSPS) is 11.0. The first-order valence-corrected chi connectivity index (χ1v) is 7.02. The largest absolute Gasteiger partial charge is 0.489 e. The molecule has 2 rings (SSSR count). The Bertz CT molecular complexity index is 757. The summed E-state index contributed by atoms with van der Waals surface area (Å²) in [6.07, 6.45) is -4.45. The molecule has 0 atom stereocenters. The average Bonchev–Trinajstić information content (AvgIpc) is 2.58. The van der Waals surface area contributed by atoms with Gasteiger partial charge in [-0.05, 0) is 23.8 Å². The number of hydrogen-bond acceptors (Lipinski definition) is 3. The van der Waals surface area contributed by atoms with E-state index in [9.17, 15) is 18.0 Å². The molecule has 0 bridgehead atoms. The third-order valence-corrected chi connectivity index (χ3v) is 3.30. The van der Waals surface area contributed by atoms with Crippen LogP contribution in [0.25, 0.3) is 0 Å². The van der Waals surface area contributed by atoms with Crippen molar-refractivity contribution in [1.29, 1.82) is 5.41 Å². The lowest BCUT2D eigenvalue weighted by Crippen LogP contribution is -2.28. The lowest BCUT2D eigenvalue weighted by atomic mass is 10.0. The van der Waals surface area contributed by atoms with Crippen molar-refractivity contribution < 1.29 is 22.7 Å². The predicted octanol–water partition coefficient (Wildman–Crippen LogP) is 3.40. The number of alkyl halides is 3. The molecule has 0 heterocycles. The number of halogens is 3. The molecule has 4 nitrogen and oxygen atoms in total. The highest BCUT2D eigenvalue weighted by Crippen LogP contribution is 2.31. The van der Waals surface area contributed by atoms with Gasteiger partial charge in [0.05, 0.1) is 5.56 Å². The average molecular weight is 336 g/mol. The van der Waals surface area contributed by atoms with Crippen LogP contribution in [0.5, 0.6) is 5.75 Å². The summed E-state index contributed by atoms with van der Waals surface area (Å²) in [5.41, 5.74) is -0.139. The van der Waals surface area contributed by atoms with E-state index in [1.807, 2.05) is 0 Å². The van der Waals surface area contributed by atoms with Gasteiger partial charge in [0.25, 0.3) is 5.91 Å². The number of amides is 1. The maximum Gasteiger partial charge on any atom is 0.416 e. The second kappa shape index (κ2) is 7.16. The predicted molar refractivity (Wildman–Crippen MR) is 83.1 cm³/mol. The van der Waals surface area contributed by atoms with Crippen LogP contribution in [-0.2, 0) is 17.6 Å². The Hall–Kier alpha value is -2.83. The Morgan fingerprint density at radius 3 is 2.54 bits per heavy atom. The smallest absolute Gasteiger partial charge is 0.416 e. The van der Waals surface area contributed by atoms with Crippen molar-refractivity contribution in [2.24, 2.45) is 0 Å².